The molecule has 1 aromatic rings. The molecule has 0 saturated heterocycles. The Morgan fingerprint density at radius 3 is 2.86 bits per heavy atom. The monoisotopic (exact) mass is 205 g/mol. The summed E-state index contributed by atoms with van der Waals surface area (Å²) in [5.41, 5.74) is 2.53. The summed E-state index contributed by atoms with van der Waals surface area (Å²) < 4.78 is 0. The topological polar surface area (TPSA) is 40.9 Å². The van der Waals surface area contributed by atoms with Gasteiger partial charge in [-0.15, -0.1) is 0 Å². The van der Waals surface area contributed by atoms with Crippen molar-refractivity contribution >= 4 is 17.4 Å². The standard InChI is InChI=1S/C11H8ClNO/c12-9-3-7-5-10(14)1-2-11(7)8(4-9)6-13/h3-4H,1-2,5H2. The van der Waals surface area contributed by atoms with Crippen LogP contribution >= 0.6 is 11.6 Å². The fraction of sp³-hybridized carbons (Fsp3) is 0.273. The van der Waals surface area contributed by atoms with Crippen LogP contribution in [0.15, 0.2) is 12.1 Å². The molecule has 2 rings (SSSR count). The summed E-state index contributed by atoms with van der Waals surface area (Å²) in [4.78, 5) is 11.2. The Labute approximate surface area is 87.1 Å². The number of Topliss-reactive ketones (excluding diaryl/α,β-unsaturated/α-hetero) is 1. The minimum absolute atomic E-state index is 0.226. The van der Waals surface area contributed by atoms with E-state index in [1.165, 1.54) is 0 Å². The molecule has 0 amide bonds. The van der Waals surface area contributed by atoms with Gasteiger partial charge in [0.1, 0.15) is 5.78 Å². The van der Waals surface area contributed by atoms with Gasteiger partial charge < -0.3 is 0 Å². The van der Waals surface area contributed by atoms with Gasteiger partial charge in [-0.2, -0.15) is 5.26 Å². The third-order valence-electron chi connectivity index (χ3n) is 2.47. The SMILES string of the molecule is N#Cc1cc(Cl)cc2c1CCC(=O)C2. The summed E-state index contributed by atoms with van der Waals surface area (Å²) in [5.74, 6) is 0.226. The van der Waals surface area contributed by atoms with Crippen LogP contribution in [0, 0.1) is 11.3 Å². The third kappa shape index (κ3) is 1.51. The van der Waals surface area contributed by atoms with Crippen LogP contribution in [0.5, 0.6) is 0 Å². The first kappa shape index (κ1) is 9.23. The number of nitriles is 1. The Morgan fingerprint density at radius 2 is 2.14 bits per heavy atom. The van der Waals surface area contributed by atoms with Crippen LogP contribution in [0.25, 0.3) is 0 Å². The Bertz CT molecular complexity index is 445. The summed E-state index contributed by atoms with van der Waals surface area (Å²) in [7, 11) is 0. The van der Waals surface area contributed by atoms with Gasteiger partial charge in [-0.25, -0.2) is 0 Å². The number of fused-ring (bicyclic) bond motifs is 1. The maximum Gasteiger partial charge on any atom is 0.137 e. The average molecular weight is 206 g/mol. The van der Waals surface area contributed by atoms with Gasteiger partial charge in [0.05, 0.1) is 11.6 Å². The van der Waals surface area contributed by atoms with Crippen LogP contribution in [0.4, 0.5) is 0 Å². The molecule has 0 aromatic heterocycles. The summed E-state index contributed by atoms with van der Waals surface area (Å²) >= 11 is 5.85. The van der Waals surface area contributed by atoms with E-state index in [1.54, 1.807) is 12.1 Å². The van der Waals surface area contributed by atoms with E-state index in [0.29, 0.717) is 29.8 Å². The molecule has 0 fully saturated rings. The van der Waals surface area contributed by atoms with Gasteiger partial charge in [-0.3, -0.25) is 4.79 Å². The van der Waals surface area contributed by atoms with Gasteiger partial charge in [0.2, 0.25) is 0 Å². The van der Waals surface area contributed by atoms with Gasteiger partial charge in [0, 0.05) is 17.9 Å². The molecular weight excluding hydrogens is 198 g/mol. The summed E-state index contributed by atoms with van der Waals surface area (Å²) in [6.45, 7) is 0. The van der Waals surface area contributed by atoms with Gasteiger partial charge in [0.25, 0.3) is 0 Å². The second-order valence-electron chi connectivity index (χ2n) is 3.42. The molecule has 0 N–H and O–H groups in total. The lowest BCUT2D eigenvalue weighted by Gasteiger charge is -2.16. The zero-order valence-electron chi connectivity index (χ0n) is 7.51. The number of nitrogens with zero attached hydrogens (tertiary/aromatic N) is 1. The van der Waals surface area contributed by atoms with Crippen molar-refractivity contribution in [2.45, 2.75) is 19.3 Å². The molecule has 14 heavy (non-hydrogen) atoms. The molecule has 0 spiro atoms. The lowest BCUT2D eigenvalue weighted by Crippen LogP contribution is -2.14. The minimum atomic E-state index is 0.226. The zero-order valence-corrected chi connectivity index (χ0v) is 8.27. The quantitative estimate of drug-likeness (QED) is 0.652. The lowest BCUT2D eigenvalue weighted by molar-refractivity contribution is -0.118. The van der Waals surface area contributed by atoms with Crippen LogP contribution < -0.4 is 0 Å². The highest BCUT2D eigenvalue weighted by molar-refractivity contribution is 6.30. The number of carbonyl (C=O) groups excluding carboxylic acids is 1. The molecule has 70 valence electrons. The highest BCUT2D eigenvalue weighted by Gasteiger charge is 2.18. The molecule has 0 bridgehead atoms. The van der Waals surface area contributed by atoms with Crippen molar-refractivity contribution in [1.82, 2.24) is 0 Å². The van der Waals surface area contributed by atoms with Crippen molar-refractivity contribution in [3.8, 4) is 6.07 Å². The predicted molar refractivity (Wildman–Crippen MR) is 53.2 cm³/mol. The summed E-state index contributed by atoms with van der Waals surface area (Å²) in [5, 5.41) is 9.43. The van der Waals surface area contributed by atoms with E-state index in [9.17, 15) is 4.79 Å². The number of hydrogen-bond acceptors (Lipinski definition) is 2. The van der Waals surface area contributed by atoms with Crippen LogP contribution in [-0.2, 0) is 17.6 Å². The molecule has 2 nitrogen and oxygen atoms in total. The van der Waals surface area contributed by atoms with Crippen molar-refractivity contribution in [2.24, 2.45) is 0 Å². The van der Waals surface area contributed by atoms with E-state index < -0.39 is 0 Å². The molecule has 0 atom stereocenters. The van der Waals surface area contributed by atoms with Crippen molar-refractivity contribution < 1.29 is 4.79 Å². The normalized spacial score (nSPS) is 14.7. The van der Waals surface area contributed by atoms with Gasteiger partial charge in [0.15, 0.2) is 0 Å². The molecule has 1 aliphatic carbocycles. The first-order valence-electron chi connectivity index (χ1n) is 4.44. The first-order valence-corrected chi connectivity index (χ1v) is 4.81. The number of ketones is 1. The van der Waals surface area contributed by atoms with Gasteiger partial charge in [-0.05, 0) is 29.7 Å². The van der Waals surface area contributed by atoms with Crippen LogP contribution in [0.1, 0.15) is 23.1 Å². The van der Waals surface area contributed by atoms with Gasteiger partial charge >= 0.3 is 0 Å². The molecule has 0 radical (unpaired) electrons. The number of hydrogen-bond donors (Lipinski definition) is 0. The maximum atomic E-state index is 11.2. The van der Waals surface area contributed by atoms with Crippen molar-refractivity contribution in [3.05, 3.63) is 33.8 Å². The Hall–Kier alpha value is -1.33. The molecule has 3 heteroatoms. The van der Waals surface area contributed by atoms with Crippen LogP contribution in [0.3, 0.4) is 0 Å². The molecule has 0 aliphatic heterocycles. The second-order valence-corrected chi connectivity index (χ2v) is 3.85. The van der Waals surface area contributed by atoms with E-state index in [2.05, 4.69) is 6.07 Å². The number of carbonyl (C=O) groups is 1. The average Bonchev–Trinajstić information content (AvgIpc) is 2.15. The van der Waals surface area contributed by atoms with E-state index in [1.807, 2.05) is 0 Å². The molecular formula is C11H8ClNO. The van der Waals surface area contributed by atoms with Gasteiger partial charge in [-0.1, -0.05) is 11.6 Å². The predicted octanol–water partition coefficient (Wildman–Crippen LogP) is 2.27. The number of benzene rings is 1. The lowest BCUT2D eigenvalue weighted by atomic mass is 9.88. The first-order chi connectivity index (χ1) is 6.70. The molecule has 1 aromatic carbocycles. The Kier molecular flexibility index (Phi) is 2.26. The van der Waals surface area contributed by atoms with E-state index in [4.69, 9.17) is 16.9 Å². The highest BCUT2D eigenvalue weighted by atomic mass is 35.5. The number of halogens is 1. The zero-order chi connectivity index (χ0) is 10.1. The van der Waals surface area contributed by atoms with E-state index in [-0.39, 0.29) is 5.78 Å². The Balaban J connectivity index is 2.58. The fourth-order valence-corrected chi connectivity index (χ4v) is 2.05. The summed E-state index contributed by atoms with van der Waals surface area (Å²) in [6, 6.07) is 5.56. The molecule has 0 unspecified atom stereocenters. The molecule has 1 aliphatic rings. The summed E-state index contributed by atoms with van der Waals surface area (Å²) in [6.07, 6.45) is 1.64. The molecule has 0 saturated carbocycles. The Morgan fingerprint density at radius 1 is 1.36 bits per heavy atom. The van der Waals surface area contributed by atoms with Crippen molar-refractivity contribution in [1.29, 1.82) is 5.26 Å². The maximum absolute atomic E-state index is 11.2. The van der Waals surface area contributed by atoms with Crippen molar-refractivity contribution in [3.63, 3.8) is 0 Å². The number of rotatable bonds is 0. The smallest absolute Gasteiger partial charge is 0.137 e. The fourth-order valence-electron chi connectivity index (χ4n) is 1.81. The van der Waals surface area contributed by atoms with Crippen LogP contribution in [0.2, 0.25) is 5.02 Å². The molecule has 0 heterocycles. The van der Waals surface area contributed by atoms with E-state index in [0.717, 1.165) is 11.1 Å². The third-order valence-corrected chi connectivity index (χ3v) is 2.69. The van der Waals surface area contributed by atoms with Crippen LogP contribution in [-0.4, -0.2) is 5.78 Å². The van der Waals surface area contributed by atoms with Crippen molar-refractivity contribution in [2.75, 3.05) is 0 Å². The largest absolute Gasteiger partial charge is 0.299 e. The second kappa shape index (κ2) is 3.43. The highest BCUT2D eigenvalue weighted by Crippen LogP contribution is 2.26. The minimum Gasteiger partial charge on any atom is -0.299 e. The van der Waals surface area contributed by atoms with E-state index >= 15 is 0 Å².